The van der Waals surface area contributed by atoms with Crippen molar-refractivity contribution in [3.8, 4) is 17.6 Å². The molecule has 1 aromatic carbocycles. The number of nitrogens with zero attached hydrogens (tertiary/aromatic N) is 1. The van der Waals surface area contributed by atoms with Crippen LogP contribution in [0.2, 0.25) is 0 Å². The highest BCUT2D eigenvalue weighted by Gasteiger charge is 2.37. The molecule has 0 saturated carbocycles. The van der Waals surface area contributed by atoms with Gasteiger partial charge >= 0.3 is 0 Å². The van der Waals surface area contributed by atoms with Gasteiger partial charge in [0.05, 0.1) is 22.6 Å². The number of benzene rings is 1. The predicted octanol–water partition coefficient (Wildman–Crippen LogP) is 3.21. The highest BCUT2D eigenvalue weighted by molar-refractivity contribution is 8.02. The number of nitrogens with one attached hydrogen (secondary N) is 1. The van der Waals surface area contributed by atoms with Crippen LogP contribution in [0.3, 0.4) is 0 Å². The van der Waals surface area contributed by atoms with Gasteiger partial charge in [-0.1, -0.05) is 6.07 Å². The number of ketones is 1. The van der Waals surface area contributed by atoms with E-state index in [1.807, 2.05) is 24.5 Å². The summed E-state index contributed by atoms with van der Waals surface area (Å²) in [6.07, 6.45) is 4.16. The van der Waals surface area contributed by atoms with E-state index in [0.29, 0.717) is 23.5 Å². The number of carbonyl (C=O) groups is 1. The van der Waals surface area contributed by atoms with Crippen LogP contribution >= 0.6 is 11.8 Å². The van der Waals surface area contributed by atoms with Crippen LogP contribution < -0.4 is 14.8 Å². The van der Waals surface area contributed by atoms with Crippen LogP contribution in [0.25, 0.3) is 0 Å². The molecule has 2 heterocycles. The quantitative estimate of drug-likeness (QED) is 0.891. The molecule has 3 aliphatic rings. The lowest BCUT2D eigenvalue weighted by Crippen LogP contribution is -2.31. The van der Waals surface area contributed by atoms with Crippen molar-refractivity contribution in [2.24, 2.45) is 0 Å². The minimum absolute atomic E-state index is 0.124. The summed E-state index contributed by atoms with van der Waals surface area (Å²) in [5, 5.41) is 13.9. The van der Waals surface area contributed by atoms with Crippen molar-refractivity contribution in [3.05, 3.63) is 45.6 Å². The average molecular weight is 340 g/mol. The zero-order valence-electron chi connectivity index (χ0n) is 13.2. The molecule has 24 heavy (non-hydrogen) atoms. The maximum atomic E-state index is 12.6. The van der Waals surface area contributed by atoms with Crippen LogP contribution in [-0.2, 0) is 4.79 Å². The number of nitriles is 1. The summed E-state index contributed by atoms with van der Waals surface area (Å²) in [4.78, 5) is 12.6. The number of hydrogen-bond donors (Lipinski definition) is 1. The predicted molar refractivity (Wildman–Crippen MR) is 90.5 cm³/mol. The Kier molecular flexibility index (Phi) is 3.73. The van der Waals surface area contributed by atoms with Crippen molar-refractivity contribution in [1.29, 1.82) is 5.26 Å². The van der Waals surface area contributed by atoms with Crippen LogP contribution in [0.4, 0.5) is 0 Å². The number of carbonyl (C=O) groups excluding carboxylic acids is 1. The molecule has 4 rings (SSSR count). The second-order valence-corrected chi connectivity index (χ2v) is 6.71. The number of ether oxygens (including phenoxy) is 2. The summed E-state index contributed by atoms with van der Waals surface area (Å²) < 4.78 is 10.8. The zero-order valence-corrected chi connectivity index (χ0v) is 14.0. The van der Waals surface area contributed by atoms with Crippen LogP contribution in [0.5, 0.6) is 11.5 Å². The number of dihydropyridines is 1. The van der Waals surface area contributed by atoms with E-state index in [-0.39, 0.29) is 18.5 Å². The van der Waals surface area contributed by atoms with Crippen LogP contribution in [0.15, 0.2) is 40.1 Å². The number of fused-ring (bicyclic) bond motifs is 1. The van der Waals surface area contributed by atoms with E-state index in [1.165, 1.54) is 11.8 Å². The van der Waals surface area contributed by atoms with Gasteiger partial charge in [-0.25, -0.2) is 0 Å². The van der Waals surface area contributed by atoms with Crippen molar-refractivity contribution in [2.75, 3.05) is 13.0 Å². The minimum Gasteiger partial charge on any atom is -0.454 e. The Morgan fingerprint density at radius 2 is 2.12 bits per heavy atom. The molecular weight excluding hydrogens is 324 g/mol. The molecule has 0 unspecified atom stereocenters. The van der Waals surface area contributed by atoms with Gasteiger partial charge in [0.2, 0.25) is 6.79 Å². The van der Waals surface area contributed by atoms with E-state index < -0.39 is 0 Å². The molecule has 122 valence electrons. The smallest absolute Gasteiger partial charge is 0.231 e. The molecular formula is C18H16N2O3S. The maximum Gasteiger partial charge on any atom is 0.231 e. The summed E-state index contributed by atoms with van der Waals surface area (Å²) in [7, 11) is 0. The molecule has 0 spiro atoms. The fourth-order valence-electron chi connectivity index (χ4n) is 3.51. The molecule has 2 aliphatic heterocycles. The highest BCUT2D eigenvalue weighted by atomic mass is 32.2. The van der Waals surface area contributed by atoms with E-state index in [9.17, 15) is 10.1 Å². The Balaban J connectivity index is 1.88. The van der Waals surface area contributed by atoms with Gasteiger partial charge in [-0.15, -0.1) is 11.8 Å². The first-order chi connectivity index (χ1) is 11.7. The molecule has 0 saturated heterocycles. The number of thioether (sulfide) groups is 1. The molecule has 0 radical (unpaired) electrons. The summed E-state index contributed by atoms with van der Waals surface area (Å²) in [6.45, 7) is 0.203. The van der Waals surface area contributed by atoms with Gasteiger partial charge in [0.1, 0.15) is 0 Å². The molecule has 0 amide bonds. The van der Waals surface area contributed by atoms with Crippen molar-refractivity contribution in [3.63, 3.8) is 0 Å². The van der Waals surface area contributed by atoms with Crippen molar-refractivity contribution in [1.82, 2.24) is 5.32 Å². The van der Waals surface area contributed by atoms with Crippen molar-refractivity contribution in [2.45, 2.75) is 25.2 Å². The second kappa shape index (κ2) is 5.91. The topological polar surface area (TPSA) is 71.3 Å². The Bertz CT molecular complexity index is 835. The average Bonchev–Trinajstić information content (AvgIpc) is 3.07. The number of allylic oxidation sites excluding steroid dienone is 3. The van der Waals surface area contributed by atoms with Gasteiger partial charge in [0.15, 0.2) is 17.3 Å². The molecule has 0 fully saturated rings. The third-order valence-electron chi connectivity index (χ3n) is 4.60. The van der Waals surface area contributed by atoms with Gasteiger partial charge in [0, 0.05) is 17.7 Å². The molecule has 6 heteroatoms. The Labute approximate surface area is 144 Å². The van der Waals surface area contributed by atoms with Crippen molar-refractivity contribution < 1.29 is 14.3 Å². The molecule has 5 nitrogen and oxygen atoms in total. The van der Waals surface area contributed by atoms with Gasteiger partial charge in [-0.05, 0) is 36.8 Å². The zero-order chi connectivity index (χ0) is 16.7. The first kappa shape index (κ1) is 15.2. The van der Waals surface area contributed by atoms with Gasteiger partial charge in [0.25, 0.3) is 0 Å². The second-order valence-electron chi connectivity index (χ2n) is 5.90. The van der Waals surface area contributed by atoms with Crippen LogP contribution in [-0.4, -0.2) is 18.8 Å². The third-order valence-corrected chi connectivity index (χ3v) is 5.33. The third kappa shape index (κ3) is 2.28. The van der Waals surface area contributed by atoms with E-state index in [4.69, 9.17) is 9.47 Å². The van der Waals surface area contributed by atoms with E-state index in [2.05, 4.69) is 11.4 Å². The van der Waals surface area contributed by atoms with E-state index >= 15 is 0 Å². The molecule has 0 bridgehead atoms. The molecule has 1 aromatic rings. The number of rotatable bonds is 2. The van der Waals surface area contributed by atoms with Crippen LogP contribution in [0, 0.1) is 11.3 Å². The Morgan fingerprint density at radius 3 is 2.92 bits per heavy atom. The Hall–Kier alpha value is -2.39. The van der Waals surface area contributed by atoms with Gasteiger partial charge in [-0.3, -0.25) is 4.79 Å². The molecule has 0 aromatic heterocycles. The first-order valence-electron chi connectivity index (χ1n) is 7.84. The summed E-state index contributed by atoms with van der Waals surface area (Å²) in [5.41, 5.74) is 3.17. The van der Waals surface area contributed by atoms with E-state index in [1.54, 1.807) is 0 Å². The number of Topliss-reactive ketones (excluding diaryl/α,β-unsaturated/α-hetero) is 1. The minimum atomic E-state index is -0.337. The van der Waals surface area contributed by atoms with Gasteiger partial charge in [-0.2, -0.15) is 5.26 Å². The van der Waals surface area contributed by atoms with Crippen molar-refractivity contribution >= 4 is 17.5 Å². The molecule has 1 atom stereocenters. The molecule has 1 N–H and O–H groups in total. The molecule has 1 aliphatic carbocycles. The lowest BCUT2D eigenvalue weighted by atomic mass is 9.77. The first-order valence-corrected chi connectivity index (χ1v) is 9.06. The maximum absolute atomic E-state index is 12.6. The largest absolute Gasteiger partial charge is 0.454 e. The fourth-order valence-corrected chi connectivity index (χ4v) is 4.12. The monoisotopic (exact) mass is 340 g/mol. The standard InChI is InChI=1S/C18H16N2O3S/c1-24-18-11(8-19)16(17-12(20-18)3-2-4-13(17)21)10-5-6-14-15(7-10)23-9-22-14/h5-7,16,20H,2-4,9H2,1H3/t16-/m1/s1. The highest BCUT2D eigenvalue weighted by Crippen LogP contribution is 2.45. The number of hydrogen-bond acceptors (Lipinski definition) is 6. The Morgan fingerprint density at radius 1 is 1.29 bits per heavy atom. The fraction of sp³-hybridized carbons (Fsp3) is 0.333. The summed E-state index contributed by atoms with van der Waals surface area (Å²) in [6, 6.07) is 7.97. The van der Waals surface area contributed by atoms with Crippen LogP contribution in [0.1, 0.15) is 30.7 Å². The summed E-state index contributed by atoms with van der Waals surface area (Å²) >= 11 is 1.50. The SMILES string of the molecule is CSC1=C(C#N)[C@@H](c2ccc3c(c2)OCO3)C2=C(CCCC2=O)N1. The lowest BCUT2D eigenvalue weighted by Gasteiger charge is -2.33. The lowest BCUT2D eigenvalue weighted by molar-refractivity contribution is -0.116. The summed E-state index contributed by atoms with van der Waals surface area (Å²) in [5.74, 6) is 1.15. The van der Waals surface area contributed by atoms with E-state index in [0.717, 1.165) is 34.7 Å². The van der Waals surface area contributed by atoms with Gasteiger partial charge < -0.3 is 14.8 Å². The normalized spacial score (nSPS) is 22.2.